The topological polar surface area (TPSA) is 64.3 Å². The van der Waals surface area contributed by atoms with Crippen LogP contribution in [0.15, 0.2) is 24.3 Å². The fourth-order valence-corrected chi connectivity index (χ4v) is 3.36. The predicted molar refractivity (Wildman–Crippen MR) is 82.1 cm³/mol. The SMILES string of the molecule is NC1CCCCC1CNC(=O)C1COc2ccccc2C1. The molecule has 1 aliphatic heterocycles. The van der Waals surface area contributed by atoms with Gasteiger partial charge in [-0.1, -0.05) is 31.0 Å². The molecular formula is C17H24N2O2. The molecule has 3 rings (SSSR count). The number of hydrogen-bond donors (Lipinski definition) is 2. The van der Waals surface area contributed by atoms with Crippen LogP contribution in [-0.4, -0.2) is 25.1 Å². The summed E-state index contributed by atoms with van der Waals surface area (Å²) in [5.74, 6) is 1.36. The fourth-order valence-electron chi connectivity index (χ4n) is 3.36. The Morgan fingerprint density at radius 2 is 2.10 bits per heavy atom. The fraction of sp³-hybridized carbons (Fsp3) is 0.588. The minimum Gasteiger partial charge on any atom is -0.492 e. The van der Waals surface area contributed by atoms with Crippen molar-refractivity contribution in [3.05, 3.63) is 29.8 Å². The number of carbonyl (C=O) groups is 1. The van der Waals surface area contributed by atoms with E-state index in [-0.39, 0.29) is 17.9 Å². The van der Waals surface area contributed by atoms with E-state index in [0.29, 0.717) is 19.1 Å². The summed E-state index contributed by atoms with van der Waals surface area (Å²) in [5.41, 5.74) is 7.25. The molecule has 3 atom stereocenters. The minimum atomic E-state index is -0.0836. The summed E-state index contributed by atoms with van der Waals surface area (Å²) in [4.78, 5) is 12.3. The summed E-state index contributed by atoms with van der Waals surface area (Å²) in [5, 5.41) is 3.08. The molecule has 1 heterocycles. The van der Waals surface area contributed by atoms with E-state index in [1.807, 2.05) is 24.3 Å². The van der Waals surface area contributed by atoms with Crippen molar-refractivity contribution in [2.24, 2.45) is 17.6 Å². The minimum absolute atomic E-state index is 0.0836. The molecular weight excluding hydrogens is 264 g/mol. The van der Waals surface area contributed by atoms with Crippen molar-refractivity contribution >= 4 is 5.91 Å². The van der Waals surface area contributed by atoms with E-state index < -0.39 is 0 Å². The average Bonchev–Trinajstić information content (AvgIpc) is 2.53. The van der Waals surface area contributed by atoms with E-state index in [4.69, 9.17) is 10.5 Å². The Morgan fingerprint density at radius 3 is 2.95 bits per heavy atom. The number of nitrogens with one attached hydrogen (secondary N) is 1. The summed E-state index contributed by atoms with van der Waals surface area (Å²) in [6, 6.07) is 8.19. The van der Waals surface area contributed by atoms with Gasteiger partial charge in [0.2, 0.25) is 5.91 Å². The summed E-state index contributed by atoms with van der Waals surface area (Å²) in [7, 11) is 0. The van der Waals surface area contributed by atoms with Gasteiger partial charge in [-0.05, 0) is 36.8 Å². The first-order valence-electron chi connectivity index (χ1n) is 7.98. The van der Waals surface area contributed by atoms with Gasteiger partial charge < -0.3 is 15.8 Å². The van der Waals surface area contributed by atoms with Crippen molar-refractivity contribution in [2.45, 2.75) is 38.1 Å². The third-order valence-electron chi connectivity index (χ3n) is 4.76. The molecule has 0 aromatic heterocycles. The van der Waals surface area contributed by atoms with Gasteiger partial charge in [-0.3, -0.25) is 4.79 Å². The Bertz CT molecular complexity index is 503. The van der Waals surface area contributed by atoms with E-state index in [2.05, 4.69) is 5.32 Å². The Hall–Kier alpha value is -1.55. The molecule has 1 amide bonds. The normalized spacial score (nSPS) is 28.3. The number of para-hydroxylation sites is 1. The molecule has 0 radical (unpaired) electrons. The molecule has 3 unspecified atom stereocenters. The van der Waals surface area contributed by atoms with Gasteiger partial charge in [0, 0.05) is 12.6 Å². The zero-order valence-corrected chi connectivity index (χ0v) is 12.4. The van der Waals surface area contributed by atoms with Gasteiger partial charge in [0.15, 0.2) is 0 Å². The molecule has 0 saturated heterocycles. The van der Waals surface area contributed by atoms with Gasteiger partial charge in [0.1, 0.15) is 12.4 Å². The van der Waals surface area contributed by atoms with Crippen LogP contribution in [0.5, 0.6) is 5.75 Å². The second kappa shape index (κ2) is 6.48. The Balaban J connectivity index is 1.52. The Morgan fingerprint density at radius 1 is 1.29 bits per heavy atom. The number of rotatable bonds is 3. The molecule has 4 heteroatoms. The number of fused-ring (bicyclic) bond motifs is 1. The molecule has 4 nitrogen and oxygen atoms in total. The van der Waals surface area contributed by atoms with Crippen LogP contribution in [-0.2, 0) is 11.2 Å². The zero-order valence-electron chi connectivity index (χ0n) is 12.4. The van der Waals surface area contributed by atoms with Crippen molar-refractivity contribution in [3.8, 4) is 5.75 Å². The standard InChI is InChI=1S/C17H24N2O2/c18-15-7-3-1-6-13(15)10-19-17(20)14-9-12-5-2-4-8-16(12)21-11-14/h2,4-5,8,13-15H,1,3,6-7,9-11,18H2,(H,19,20). The molecule has 0 bridgehead atoms. The lowest BCUT2D eigenvalue weighted by molar-refractivity contribution is -0.126. The van der Waals surface area contributed by atoms with Crippen LogP contribution in [0.3, 0.4) is 0 Å². The van der Waals surface area contributed by atoms with Gasteiger partial charge >= 0.3 is 0 Å². The molecule has 1 aromatic carbocycles. The highest BCUT2D eigenvalue weighted by atomic mass is 16.5. The van der Waals surface area contributed by atoms with Crippen molar-refractivity contribution in [2.75, 3.05) is 13.2 Å². The maximum atomic E-state index is 12.3. The van der Waals surface area contributed by atoms with Gasteiger partial charge in [-0.25, -0.2) is 0 Å². The maximum absolute atomic E-state index is 12.3. The number of carbonyl (C=O) groups excluding carboxylic acids is 1. The molecule has 114 valence electrons. The Kier molecular flexibility index (Phi) is 4.44. The first-order chi connectivity index (χ1) is 10.2. The van der Waals surface area contributed by atoms with Crippen molar-refractivity contribution in [1.82, 2.24) is 5.32 Å². The predicted octanol–water partition coefficient (Wildman–Crippen LogP) is 1.87. The number of ether oxygens (including phenoxy) is 1. The third-order valence-corrected chi connectivity index (χ3v) is 4.76. The highest BCUT2D eigenvalue weighted by molar-refractivity contribution is 5.79. The molecule has 21 heavy (non-hydrogen) atoms. The lowest BCUT2D eigenvalue weighted by Gasteiger charge is -2.30. The van der Waals surface area contributed by atoms with E-state index in [9.17, 15) is 4.79 Å². The lowest BCUT2D eigenvalue weighted by Crippen LogP contribution is -2.44. The first kappa shape index (κ1) is 14.4. The summed E-state index contributed by atoms with van der Waals surface area (Å²) >= 11 is 0. The third kappa shape index (κ3) is 3.38. The molecule has 0 spiro atoms. The molecule has 1 saturated carbocycles. The van der Waals surface area contributed by atoms with Crippen LogP contribution in [0.2, 0.25) is 0 Å². The zero-order chi connectivity index (χ0) is 14.7. The average molecular weight is 288 g/mol. The summed E-state index contributed by atoms with van der Waals surface area (Å²) in [6.07, 6.45) is 5.43. The molecule has 1 aliphatic carbocycles. The van der Waals surface area contributed by atoms with Crippen molar-refractivity contribution in [1.29, 1.82) is 0 Å². The van der Waals surface area contributed by atoms with Crippen LogP contribution in [0, 0.1) is 11.8 Å². The Labute approximate surface area is 126 Å². The van der Waals surface area contributed by atoms with Gasteiger partial charge in [0.25, 0.3) is 0 Å². The smallest absolute Gasteiger partial charge is 0.226 e. The van der Waals surface area contributed by atoms with E-state index in [1.165, 1.54) is 12.8 Å². The highest BCUT2D eigenvalue weighted by Gasteiger charge is 2.27. The highest BCUT2D eigenvalue weighted by Crippen LogP contribution is 2.27. The number of nitrogens with two attached hydrogens (primary N) is 1. The van der Waals surface area contributed by atoms with Gasteiger partial charge in [0.05, 0.1) is 5.92 Å². The molecule has 1 fully saturated rings. The van der Waals surface area contributed by atoms with Gasteiger partial charge in [-0.15, -0.1) is 0 Å². The van der Waals surface area contributed by atoms with Crippen LogP contribution < -0.4 is 15.8 Å². The quantitative estimate of drug-likeness (QED) is 0.892. The maximum Gasteiger partial charge on any atom is 0.226 e. The number of amides is 1. The molecule has 3 N–H and O–H groups in total. The second-order valence-corrected chi connectivity index (χ2v) is 6.27. The second-order valence-electron chi connectivity index (χ2n) is 6.27. The summed E-state index contributed by atoms with van der Waals surface area (Å²) in [6.45, 7) is 1.18. The van der Waals surface area contributed by atoms with Gasteiger partial charge in [-0.2, -0.15) is 0 Å². The largest absolute Gasteiger partial charge is 0.492 e. The molecule has 2 aliphatic rings. The van der Waals surface area contributed by atoms with Crippen molar-refractivity contribution in [3.63, 3.8) is 0 Å². The van der Waals surface area contributed by atoms with Crippen LogP contribution in [0.25, 0.3) is 0 Å². The van der Waals surface area contributed by atoms with Crippen molar-refractivity contribution < 1.29 is 9.53 Å². The molecule has 1 aromatic rings. The van der Waals surface area contributed by atoms with Crippen LogP contribution in [0.1, 0.15) is 31.2 Å². The first-order valence-corrected chi connectivity index (χ1v) is 7.98. The lowest BCUT2D eigenvalue weighted by atomic mass is 9.85. The van der Waals surface area contributed by atoms with E-state index in [0.717, 1.165) is 30.6 Å². The number of hydrogen-bond acceptors (Lipinski definition) is 3. The van der Waals surface area contributed by atoms with E-state index in [1.54, 1.807) is 0 Å². The number of benzene rings is 1. The van der Waals surface area contributed by atoms with Crippen LogP contribution in [0.4, 0.5) is 0 Å². The van der Waals surface area contributed by atoms with Crippen LogP contribution >= 0.6 is 0 Å². The monoisotopic (exact) mass is 288 g/mol. The van der Waals surface area contributed by atoms with E-state index >= 15 is 0 Å². The summed E-state index contributed by atoms with van der Waals surface area (Å²) < 4.78 is 5.68.